The van der Waals surface area contributed by atoms with Crippen LogP contribution in [0.5, 0.6) is 0 Å². The molecule has 0 spiro atoms. The summed E-state index contributed by atoms with van der Waals surface area (Å²) in [6.45, 7) is 0. The number of nitrogens with one attached hydrogen (secondary N) is 1. The van der Waals surface area contributed by atoms with Crippen molar-refractivity contribution in [3.05, 3.63) is 0 Å². The average molecular weight is 142 g/mol. The van der Waals surface area contributed by atoms with Gasteiger partial charge in [0.2, 0.25) is 0 Å². The molecule has 2 nitrogen and oxygen atoms in total. The molecule has 50 valence electrons. The van der Waals surface area contributed by atoms with Crippen LogP contribution < -0.4 is 5.32 Å². The second kappa shape index (κ2) is 3.62. The third kappa shape index (κ3) is 2.15. The van der Waals surface area contributed by atoms with Gasteiger partial charge >= 0.3 is 0 Å². The number of thioether (sulfide) groups is 1. The molecule has 0 amide bonds. The summed E-state index contributed by atoms with van der Waals surface area (Å²) in [4.78, 5) is 0. The Morgan fingerprint density at radius 2 is 2.11 bits per heavy atom. The lowest BCUT2D eigenvalue weighted by molar-refractivity contribution is 0.555. The molecule has 0 aromatic rings. The van der Waals surface area contributed by atoms with Crippen LogP contribution in [0.4, 0.5) is 0 Å². The van der Waals surface area contributed by atoms with Crippen LogP contribution in [0.3, 0.4) is 0 Å². The van der Waals surface area contributed by atoms with Gasteiger partial charge < -0.3 is 5.32 Å². The van der Waals surface area contributed by atoms with E-state index < -0.39 is 0 Å². The Balaban J connectivity index is 2.17. The van der Waals surface area contributed by atoms with Gasteiger partial charge in [-0.1, -0.05) is 0 Å². The van der Waals surface area contributed by atoms with Gasteiger partial charge in [0.15, 0.2) is 6.19 Å². The summed E-state index contributed by atoms with van der Waals surface area (Å²) in [6, 6.07) is 0.469. The standard InChI is InChI=1S/C6H10N2S/c7-5-8-6-1-3-9-4-2-6/h6,8H,1-4H2. The summed E-state index contributed by atoms with van der Waals surface area (Å²) in [5.41, 5.74) is 0. The van der Waals surface area contributed by atoms with Crippen LogP contribution in [0.2, 0.25) is 0 Å². The van der Waals surface area contributed by atoms with Gasteiger partial charge in [0.1, 0.15) is 0 Å². The van der Waals surface area contributed by atoms with E-state index >= 15 is 0 Å². The summed E-state index contributed by atoms with van der Waals surface area (Å²) >= 11 is 1.98. The molecule has 1 aliphatic heterocycles. The molecule has 0 aromatic carbocycles. The van der Waals surface area contributed by atoms with Crippen LogP contribution in [-0.2, 0) is 0 Å². The maximum atomic E-state index is 8.25. The van der Waals surface area contributed by atoms with Gasteiger partial charge in [-0.3, -0.25) is 0 Å². The van der Waals surface area contributed by atoms with Crippen molar-refractivity contribution >= 4 is 11.8 Å². The molecule has 1 fully saturated rings. The van der Waals surface area contributed by atoms with E-state index in [0.717, 1.165) is 12.8 Å². The Hall–Kier alpha value is -0.360. The van der Waals surface area contributed by atoms with Gasteiger partial charge in [-0.05, 0) is 24.3 Å². The Morgan fingerprint density at radius 3 is 2.67 bits per heavy atom. The number of nitriles is 1. The zero-order valence-corrected chi connectivity index (χ0v) is 6.08. The van der Waals surface area contributed by atoms with Gasteiger partial charge in [0.05, 0.1) is 0 Å². The van der Waals surface area contributed by atoms with E-state index in [2.05, 4.69) is 5.32 Å². The fraction of sp³-hybridized carbons (Fsp3) is 0.833. The summed E-state index contributed by atoms with van der Waals surface area (Å²) in [5, 5.41) is 11.0. The fourth-order valence-corrected chi connectivity index (χ4v) is 2.04. The van der Waals surface area contributed by atoms with Crippen molar-refractivity contribution in [1.29, 1.82) is 5.26 Å². The van der Waals surface area contributed by atoms with Crippen molar-refractivity contribution in [3.63, 3.8) is 0 Å². The first-order valence-electron chi connectivity index (χ1n) is 3.16. The minimum absolute atomic E-state index is 0.469. The number of hydrogen-bond acceptors (Lipinski definition) is 3. The van der Waals surface area contributed by atoms with E-state index in [1.54, 1.807) is 0 Å². The smallest absolute Gasteiger partial charge is 0.176 e. The Kier molecular flexibility index (Phi) is 2.72. The zero-order chi connectivity index (χ0) is 6.53. The molecule has 0 saturated carbocycles. The number of nitrogens with zero attached hydrogens (tertiary/aromatic N) is 1. The number of rotatable bonds is 1. The average Bonchev–Trinajstić information content (AvgIpc) is 1.91. The van der Waals surface area contributed by atoms with Crippen molar-refractivity contribution in [3.8, 4) is 6.19 Å². The molecule has 1 rings (SSSR count). The third-order valence-corrected chi connectivity index (χ3v) is 2.54. The SMILES string of the molecule is N#CNC1CCSCC1. The van der Waals surface area contributed by atoms with Crippen molar-refractivity contribution in [2.24, 2.45) is 0 Å². The van der Waals surface area contributed by atoms with Crippen molar-refractivity contribution in [2.45, 2.75) is 18.9 Å². The zero-order valence-electron chi connectivity index (χ0n) is 5.26. The molecule has 1 N–H and O–H groups in total. The van der Waals surface area contributed by atoms with Crippen LogP contribution in [-0.4, -0.2) is 17.5 Å². The van der Waals surface area contributed by atoms with E-state index in [4.69, 9.17) is 5.26 Å². The molecular formula is C6H10N2S. The summed E-state index contributed by atoms with van der Waals surface area (Å²) in [6.07, 6.45) is 4.28. The van der Waals surface area contributed by atoms with Gasteiger partial charge in [0.25, 0.3) is 0 Å². The van der Waals surface area contributed by atoms with Crippen LogP contribution in [0.1, 0.15) is 12.8 Å². The van der Waals surface area contributed by atoms with Crippen LogP contribution in [0.15, 0.2) is 0 Å². The van der Waals surface area contributed by atoms with E-state index in [1.165, 1.54) is 11.5 Å². The van der Waals surface area contributed by atoms with Gasteiger partial charge in [0, 0.05) is 6.04 Å². The highest BCUT2D eigenvalue weighted by atomic mass is 32.2. The minimum atomic E-state index is 0.469. The van der Waals surface area contributed by atoms with Gasteiger partial charge in [-0.15, -0.1) is 0 Å². The predicted molar refractivity (Wildman–Crippen MR) is 39.1 cm³/mol. The van der Waals surface area contributed by atoms with E-state index in [-0.39, 0.29) is 0 Å². The number of hydrogen-bond donors (Lipinski definition) is 1. The molecule has 1 heterocycles. The molecular weight excluding hydrogens is 132 g/mol. The van der Waals surface area contributed by atoms with Crippen molar-refractivity contribution in [1.82, 2.24) is 5.32 Å². The van der Waals surface area contributed by atoms with E-state index in [1.807, 2.05) is 18.0 Å². The Bertz CT molecular complexity index is 113. The van der Waals surface area contributed by atoms with E-state index in [9.17, 15) is 0 Å². The highest BCUT2D eigenvalue weighted by Crippen LogP contribution is 2.16. The quantitative estimate of drug-likeness (QED) is 0.437. The summed E-state index contributed by atoms with van der Waals surface area (Å²) in [5.74, 6) is 2.42. The van der Waals surface area contributed by atoms with Crippen LogP contribution in [0, 0.1) is 11.5 Å². The normalized spacial score (nSPS) is 20.8. The minimum Gasteiger partial charge on any atom is -0.321 e. The lowest BCUT2D eigenvalue weighted by Crippen LogP contribution is -2.28. The molecule has 0 aliphatic carbocycles. The lowest BCUT2D eigenvalue weighted by Gasteiger charge is -2.18. The topological polar surface area (TPSA) is 35.8 Å². The molecule has 0 radical (unpaired) electrons. The highest BCUT2D eigenvalue weighted by Gasteiger charge is 2.11. The first-order chi connectivity index (χ1) is 4.43. The maximum Gasteiger partial charge on any atom is 0.176 e. The second-order valence-corrected chi connectivity index (χ2v) is 3.37. The molecule has 3 heteroatoms. The Morgan fingerprint density at radius 1 is 1.44 bits per heavy atom. The van der Waals surface area contributed by atoms with Crippen LogP contribution >= 0.6 is 11.8 Å². The molecule has 9 heavy (non-hydrogen) atoms. The van der Waals surface area contributed by atoms with Crippen LogP contribution in [0.25, 0.3) is 0 Å². The molecule has 0 aromatic heterocycles. The molecule has 0 atom stereocenters. The van der Waals surface area contributed by atoms with Crippen molar-refractivity contribution in [2.75, 3.05) is 11.5 Å². The maximum absolute atomic E-state index is 8.25. The Labute approximate surface area is 59.6 Å². The molecule has 0 bridgehead atoms. The fourth-order valence-electron chi connectivity index (χ4n) is 0.933. The molecule has 0 unspecified atom stereocenters. The van der Waals surface area contributed by atoms with E-state index in [0.29, 0.717) is 6.04 Å². The molecule has 1 saturated heterocycles. The monoisotopic (exact) mass is 142 g/mol. The first kappa shape index (κ1) is 6.76. The van der Waals surface area contributed by atoms with Crippen molar-refractivity contribution < 1.29 is 0 Å². The van der Waals surface area contributed by atoms with Gasteiger partial charge in [-0.25, -0.2) is 0 Å². The second-order valence-electron chi connectivity index (χ2n) is 2.14. The predicted octanol–water partition coefficient (Wildman–Crippen LogP) is 0.953. The largest absolute Gasteiger partial charge is 0.321 e. The first-order valence-corrected chi connectivity index (χ1v) is 4.31. The summed E-state index contributed by atoms with van der Waals surface area (Å²) in [7, 11) is 0. The summed E-state index contributed by atoms with van der Waals surface area (Å²) < 4.78 is 0. The molecule has 1 aliphatic rings. The lowest BCUT2D eigenvalue weighted by atomic mass is 10.2. The highest BCUT2D eigenvalue weighted by molar-refractivity contribution is 7.99. The van der Waals surface area contributed by atoms with Gasteiger partial charge in [-0.2, -0.15) is 17.0 Å². The third-order valence-electron chi connectivity index (χ3n) is 1.49.